The molecular formula is C26H23N3O4. The second kappa shape index (κ2) is 11.8. The van der Waals surface area contributed by atoms with Crippen molar-refractivity contribution >= 4 is 23.5 Å². The van der Waals surface area contributed by atoms with Crippen LogP contribution in [0.3, 0.4) is 0 Å². The molecule has 0 saturated heterocycles. The van der Waals surface area contributed by atoms with Crippen molar-refractivity contribution in [3.05, 3.63) is 102 Å². The first-order chi connectivity index (χ1) is 16.0. The first-order valence-electron chi connectivity index (χ1n) is 10.4. The highest BCUT2D eigenvalue weighted by Gasteiger charge is 2.20. The zero-order valence-corrected chi connectivity index (χ0v) is 17.9. The molecule has 7 nitrogen and oxygen atoms in total. The smallest absolute Gasteiger partial charge is 0.308 e. The highest BCUT2D eigenvalue weighted by molar-refractivity contribution is 5.95. The van der Waals surface area contributed by atoms with Crippen molar-refractivity contribution in [3.63, 3.8) is 0 Å². The first kappa shape index (κ1) is 23.2. The number of ether oxygens (including phenoxy) is 1. The van der Waals surface area contributed by atoms with E-state index in [9.17, 15) is 14.4 Å². The van der Waals surface area contributed by atoms with E-state index in [-0.39, 0.29) is 18.7 Å². The third-order valence-corrected chi connectivity index (χ3v) is 4.80. The van der Waals surface area contributed by atoms with Crippen LogP contribution in [0.1, 0.15) is 33.9 Å². The average molecular weight is 441 g/mol. The van der Waals surface area contributed by atoms with E-state index in [4.69, 9.17) is 10.00 Å². The van der Waals surface area contributed by atoms with Gasteiger partial charge in [-0.1, -0.05) is 60.7 Å². The molecule has 0 aliphatic rings. The topological polar surface area (TPSA) is 108 Å². The molecular weight excluding hydrogens is 418 g/mol. The van der Waals surface area contributed by atoms with Crippen LogP contribution >= 0.6 is 0 Å². The van der Waals surface area contributed by atoms with Crippen molar-refractivity contribution in [1.29, 1.82) is 5.26 Å². The summed E-state index contributed by atoms with van der Waals surface area (Å²) in [6, 6.07) is 26.1. The third-order valence-electron chi connectivity index (χ3n) is 4.80. The summed E-state index contributed by atoms with van der Waals surface area (Å²) >= 11 is 0. The van der Waals surface area contributed by atoms with E-state index in [1.54, 1.807) is 48.5 Å². The minimum absolute atomic E-state index is 0.126. The largest absolute Gasteiger partial charge is 0.455 e. The van der Waals surface area contributed by atoms with Gasteiger partial charge in [-0.2, -0.15) is 5.26 Å². The number of nitrogens with zero attached hydrogens (tertiary/aromatic N) is 1. The Labute approximate surface area is 192 Å². The Kier molecular flexibility index (Phi) is 8.32. The van der Waals surface area contributed by atoms with E-state index < -0.39 is 24.5 Å². The minimum atomic E-state index is -0.614. The number of nitrogens with one attached hydrogen (secondary N) is 2. The fourth-order valence-electron chi connectivity index (χ4n) is 3.13. The average Bonchev–Trinajstić information content (AvgIpc) is 2.85. The lowest BCUT2D eigenvalue weighted by atomic mass is 10.0. The standard InChI is InChI=1S/C26H23N3O4/c27-16-15-19-11-13-22(14-12-19)28-24(30)18-33-25(31)17-23(20-7-3-1-4-8-20)29-26(32)21-9-5-2-6-10-21/h1-14,23H,15,17-18H2,(H,28,30)(H,29,32). The van der Waals surface area contributed by atoms with Gasteiger partial charge in [-0.25, -0.2) is 0 Å². The monoisotopic (exact) mass is 441 g/mol. The molecule has 33 heavy (non-hydrogen) atoms. The molecule has 1 unspecified atom stereocenters. The van der Waals surface area contributed by atoms with Crippen molar-refractivity contribution in [2.24, 2.45) is 0 Å². The Balaban J connectivity index is 1.56. The van der Waals surface area contributed by atoms with Crippen LogP contribution in [0.25, 0.3) is 0 Å². The molecule has 0 radical (unpaired) electrons. The fourth-order valence-corrected chi connectivity index (χ4v) is 3.13. The van der Waals surface area contributed by atoms with E-state index in [1.165, 1.54) is 0 Å². The number of hydrogen-bond donors (Lipinski definition) is 2. The molecule has 0 aliphatic carbocycles. The van der Waals surface area contributed by atoms with Crippen molar-refractivity contribution in [1.82, 2.24) is 5.32 Å². The van der Waals surface area contributed by atoms with Crippen LogP contribution in [-0.4, -0.2) is 24.4 Å². The van der Waals surface area contributed by atoms with Gasteiger partial charge < -0.3 is 15.4 Å². The number of carbonyl (C=O) groups is 3. The summed E-state index contributed by atoms with van der Waals surface area (Å²) in [5, 5.41) is 14.2. The van der Waals surface area contributed by atoms with Crippen LogP contribution in [0.5, 0.6) is 0 Å². The summed E-state index contributed by atoms with van der Waals surface area (Å²) < 4.78 is 5.13. The molecule has 3 rings (SSSR count). The predicted octanol–water partition coefficient (Wildman–Crippen LogP) is 3.80. The van der Waals surface area contributed by atoms with E-state index in [1.807, 2.05) is 36.4 Å². The summed E-state index contributed by atoms with van der Waals surface area (Å²) in [7, 11) is 0. The van der Waals surface area contributed by atoms with Gasteiger partial charge in [0.2, 0.25) is 0 Å². The number of nitriles is 1. The van der Waals surface area contributed by atoms with Crippen LogP contribution in [-0.2, 0) is 20.7 Å². The second-order valence-corrected chi connectivity index (χ2v) is 7.25. The molecule has 1 atom stereocenters. The molecule has 0 aliphatic heterocycles. The maximum atomic E-state index is 12.6. The van der Waals surface area contributed by atoms with E-state index >= 15 is 0 Å². The van der Waals surface area contributed by atoms with E-state index in [2.05, 4.69) is 16.7 Å². The normalized spacial score (nSPS) is 11.0. The van der Waals surface area contributed by atoms with E-state index in [0.29, 0.717) is 11.3 Å². The molecule has 0 heterocycles. The maximum absolute atomic E-state index is 12.6. The van der Waals surface area contributed by atoms with Gasteiger partial charge in [0.05, 0.1) is 25.0 Å². The molecule has 0 fully saturated rings. The van der Waals surface area contributed by atoms with Crippen LogP contribution in [0.15, 0.2) is 84.9 Å². The molecule has 0 saturated carbocycles. The van der Waals surface area contributed by atoms with Gasteiger partial charge in [0.15, 0.2) is 6.61 Å². The zero-order chi connectivity index (χ0) is 23.5. The van der Waals surface area contributed by atoms with Crippen LogP contribution < -0.4 is 10.6 Å². The second-order valence-electron chi connectivity index (χ2n) is 7.25. The molecule has 0 aromatic heterocycles. The van der Waals surface area contributed by atoms with Crippen LogP contribution in [0, 0.1) is 11.3 Å². The summed E-state index contributed by atoms with van der Waals surface area (Å²) in [6.07, 6.45) is 0.161. The molecule has 2 N–H and O–H groups in total. The van der Waals surface area contributed by atoms with Crippen molar-refractivity contribution in [3.8, 4) is 6.07 Å². The molecule has 0 spiro atoms. The number of hydrogen-bond acceptors (Lipinski definition) is 5. The van der Waals surface area contributed by atoms with Crippen LogP contribution in [0.2, 0.25) is 0 Å². The molecule has 0 bridgehead atoms. The Bertz CT molecular complexity index is 1120. The quantitative estimate of drug-likeness (QED) is 0.491. The van der Waals surface area contributed by atoms with E-state index in [0.717, 1.165) is 11.1 Å². The van der Waals surface area contributed by atoms with Gasteiger partial charge in [-0.05, 0) is 35.4 Å². The highest BCUT2D eigenvalue weighted by atomic mass is 16.5. The number of amides is 2. The van der Waals surface area contributed by atoms with Gasteiger partial charge >= 0.3 is 5.97 Å². The lowest BCUT2D eigenvalue weighted by molar-refractivity contribution is -0.147. The van der Waals surface area contributed by atoms with Crippen molar-refractivity contribution < 1.29 is 19.1 Å². The third kappa shape index (κ3) is 7.33. The van der Waals surface area contributed by atoms with Gasteiger partial charge in [0.1, 0.15) is 0 Å². The summed E-state index contributed by atoms with van der Waals surface area (Å²) in [5.41, 5.74) is 2.61. The minimum Gasteiger partial charge on any atom is -0.455 e. The first-order valence-corrected chi connectivity index (χ1v) is 10.4. The van der Waals surface area contributed by atoms with Gasteiger partial charge in [0.25, 0.3) is 11.8 Å². The lowest BCUT2D eigenvalue weighted by Gasteiger charge is -2.19. The Morgan fingerprint density at radius 3 is 2.15 bits per heavy atom. The molecule has 3 aromatic carbocycles. The van der Waals surface area contributed by atoms with Crippen molar-refractivity contribution in [2.45, 2.75) is 18.9 Å². The predicted molar refractivity (Wildman–Crippen MR) is 123 cm³/mol. The SMILES string of the molecule is N#CCc1ccc(NC(=O)COC(=O)CC(NC(=O)c2ccccc2)c2ccccc2)cc1. The van der Waals surface area contributed by atoms with Gasteiger partial charge in [-0.3, -0.25) is 14.4 Å². The molecule has 7 heteroatoms. The molecule has 166 valence electrons. The van der Waals surface area contributed by atoms with Crippen LogP contribution in [0.4, 0.5) is 5.69 Å². The number of rotatable bonds is 9. The zero-order valence-electron chi connectivity index (χ0n) is 17.9. The molecule has 3 aromatic rings. The van der Waals surface area contributed by atoms with Crippen molar-refractivity contribution in [2.75, 3.05) is 11.9 Å². The number of esters is 1. The highest BCUT2D eigenvalue weighted by Crippen LogP contribution is 2.18. The number of anilines is 1. The maximum Gasteiger partial charge on any atom is 0.308 e. The van der Waals surface area contributed by atoms with Gasteiger partial charge in [-0.15, -0.1) is 0 Å². The Hall–Kier alpha value is -4.44. The summed E-state index contributed by atoms with van der Waals surface area (Å²) in [6.45, 7) is -0.451. The summed E-state index contributed by atoms with van der Waals surface area (Å²) in [5.74, 6) is -1.41. The summed E-state index contributed by atoms with van der Waals surface area (Å²) in [4.78, 5) is 37.2. The Morgan fingerprint density at radius 2 is 1.52 bits per heavy atom. The Morgan fingerprint density at radius 1 is 0.879 bits per heavy atom. The lowest BCUT2D eigenvalue weighted by Crippen LogP contribution is -2.31. The van der Waals surface area contributed by atoms with Gasteiger partial charge in [0, 0.05) is 11.3 Å². The fraction of sp³-hybridized carbons (Fsp3) is 0.154. The molecule has 2 amide bonds. The number of benzene rings is 3. The number of carbonyl (C=O) groups excluding carboxylic acids is 3.